The topological polar surface area (TPSA) is 54.4 Å². The fourth-order valence-corrected chi connectivity index (χ4v) is 4.26. The van der Waals surface area contributed by atoms with Crippen molar-refractivity contribution in [2.24, 2.45) is 5.41 Å². The van der Waals surface area contributed by atoms with E-state index < -0.39 is 20.3 Å². The summed E-state index contributed by atoms with van der Waals surface area (Å²) >= 11 is 6.24. The van der Waals surface area contributed by atoms with Crippen LogP contribution in [0.15, 0.2) is 22.8 Å². The minimum atomic E-state index is -4.22. The normalized spacial score (nSPS) is 28.6. The van der Waals surface area contributed by atoms with E-state index in [1.54, 1.807) is 26.0 Å². The molecule has 0 aromatic rings. The summed E-state index contributed by atoms with van der Waals surface area (Å²) in [7, 11) is -4.22. The molecule has 0 spiro atoms. The van der Waals surface area contributed by atoms with Gasteiger partial charge in [-0.05, 0) is 18.9 Å². The van der Waals surface area contributed by atoms with Crippen molar-refractivity contribution in [1.29, 1.82) is 0 Å². The zero-order valence-electron chi connectivity index (χ0n) is 10.6. The Morgan fingerprint density at radius 2 is 1.94 bits per heavy atom. The van der Waals surface area contributed by atoms with Gasteiger partial charge in [0, 0.05) is 10.4 Å². The summed E-state index contributed by atoms with van der Waals surface area (Å²) in [6, 6.07) is 0. The maximum atomic E-state index is 11.8. The molecule has 3 nitrogen and oxygen atoms in total. The average Bonchev–Trinajstić information content (AvgIpc) is 2.18. The number of rotatable bonds is 3. The predicted molar refractivity (Wildman–Crippen MR) is 70.7 cm³/mol. The van der Waals surface area contributed by atoms with Crippen LogP contribution in [0.3, 0.4) is 0 Å². The quantitative estimate of drug-likeness (QED) is 0.804. The minimum absolute atomic E-state index is 0.346. The van der Waals surface area contributed by atoms with E-state index in [-0.39, 0.29) is 0 Å². The van der Waals surface area contributed by atoms with Gasteiger partial charge in [0.05, 0.1) is 0 Å². The number of hydrogen-bond acceptors (Lipinski definition) is 2. The Labute approximate surface area is 108 Å². The molecule has 1 N–H and O–H groups in total. The van der Waals surface area contributed by atoms with Crippen molar-refractivity contribution in [1.82, 2.24) is 0 Å². The van der Waals surface area contributed by atoms with Gasteiger partial charge >= 0.3 is 0 Å². The lowest BCUT2D eigenvalue weighted by Crippen LogP contribution is -2.51. The van der Waals surface area contributed by atoms with Crippen LogP contribution in [0.25, 0.3) is 0 Å². The molecule has 1 rings (SSSR count). The van der Waals surface area contributed by atoms with E-state index in [0.29, 0.717) is 17.9 Å². The van der Waals surface area contributed by atoms with Crippen molar-refractivity contribution in [2.45, 2.75) is 45.3 Å². The Morgan fingerprint density at radius 1 is 1.41 bits per heavy atom. The second kappa shape index (κ2) is 4.41. The summed E-state index contributed by atoms with van der Waals surface area (Å²) in [5.74, 6) is 0. The molecule has 0 amide bonds. The van der Waals surface area contributed by atoms with Crippen LogP contribution in [0.4, 0.5) is 0 Å². The molecule has 1 aliphatic rings. The first-order valence-electron chi connectivity index (χ1n) is 5.63. The van der Waals surface area contributed by atoms with Crippen LogP contribution in [0.5, 0.6) is 0 Å². The molecule has 0 bridgehead atoms. The Bertz CT molecular complexity index is 474. The Morgan fingerprint density at radius 3 is 2.35 bits per heavy atom. The highest BCUT2D eigenvalue weighted by molar-refractivity contribution is 7.87. The molecule has 0 heterocycles. The fourth-order valence-electron chi connectivity index (χ4n) is 2.52. The molecular formula is C12H19ClO3S. The van der Waals surface area contributed by atoms with E-state index in [2.05, 4.69) is 0 Å². The van der Waals surface area contributed by atoms with Gasteiger partial charge in [0.15, 0.2) is 0 Å². The molecule has 1 atom stereocenters. The van der Waals surface area contributed by atoms with Crippen molar-refractivity contribution >= 4 is 21.7 Å². The molecule has 0 saturated heterocycles. The highest BCUT2D eigenvalue weighted by atomic mass is 35.5. The van der Waals surface area contributed by atoms with Crippen LogP contribution >= 0.6 is 11.6 Å². The number of halogens is 1. The summed E-state index contributed by atoms with van der Waals surface area (Å²) in [5, 5.41) is 0.492. The molecule has 5 heteroatoms. The zero-order chi connectivity index (χ0) is 13.5. The summed E-state index contributed by atoms with van der Waals surface area (Å²) in [6.07, 6.45) is 4.25. The van der Waals surface area contributed by atoms with Gasteiger partial charge in [-0.2, -0.15) is 8.42 Å². The van der Waals surface area contributed by atoms with Crippen LogP contribution in [0.1, 0.15) is 40.5 Å². The third kappa shape index (κ3) is 2.07. The van der Waals surface area contributed by atoms with Crippen LogP contribution < -0.4 is 0 Å². The summed E-state index contributed by atoms with van der Waals surface area (Å²) in [4.78, 5) is 0. The fraction of sp³-hybridized carbons (Fsp3) is 0.667. The molecular weight excluding hydrogens is 260 g/mol. The summed E-state index contributed by atoms with van der Waals surface area (Å²) in [6.45, 7) is 7.23. The highest BCUT2D eigenvalue weighted by Crippen LogP contribution is 2.51. The van der Waals surface area contributed by atoms with E-state index in [4.69, 9.17) is 11.6 Å². The standard InChI is InChI=1S/C12H19ClO3S/c1-5-7-12(17(14,15)16)8-6-9(2)10(13)11(12,3)4/h6,8H,5,7H2,1-4H3,(H,14,15,16). The first-order chi connectivity index (χ1) is 7.60. The molecule has 0 radical (unpaired) electrons. The van der Waals surface area contributed by atoms with Crippen LogP contribution in [-0.2, 0) is 10.1 Å². The molecule has 1 unspecified atom stereocenters. The van der Waals surface area contributed by atoms with Gasteiger partial charge < -0.3 is 0 Å². The van der Waals surface area contributed by atoms with E-state index >= 15 is 0 Å². The summed E-state index contributed by atoms with van der Waals surface area (Å²) in [5.41, 5.74) is 0.0174. The van der Waals surface area contributed by atoms with E-state index in [1.807, 2.05) is 13.8 Å². The largest absolute Gasteiger partial charge is 0.285 e. The van der Waals surface area contributed by atoms with Crippen molar-refractivity contribution in [2.75, 3.05) is 0 Å². The number of allylic oxidation sites excluding steroid dienone is 3. The average molecular weight is 279 g/mol. The third-order valence-corrected chi connectivity index (χ3v) is 6.18. The first kappa shape index (κ1) is 14.7. The smallest absolute Gasteiger partial charge is 0.275 e. The Balaban J connectivity index is 3.52. The molecule has 0 saturated carbocycles. The highest BCUT2D eigenvalue weighted by Gasteiger charge is 2.55. The second-order valence-electron chi connectivity index (χ2n) is 5.07. The zero-order valence-corrected chi connectivity index (χ0v) is 12.2. The summed E-state index contributed by atoms with van der Waals surface area (Å²) < 4.78 is 31.9. The van der Waals surface area contributed by atoms with E-state index in [9.17, 15) is 13.0 Å². The SMILES string of the molecule is CCCC1(S(=O)(=O)O)C=CC(C)=C(Cl)C1(C)C. The van der Waals surface area contributed by atoms with Gasteiger partial charge in [-0.3, -0.25) is 4.55 Å². The van der Waals surface area contributed by atoms with Gasteiger partial charge in [0.25, 0.3) is 10.1 Å². The molecule has 17 heavy (non-hydrogen) atoms. The van der Waals surface area contributed by atoms with Crippen LogP contribution in [-0.4, -0.2) is 17.7 Å². The van der Waals surface area contributed by atoms with Crippen molar-refractivity contribution in [3.05, 3.63) is 22.8 Å². The lowest BCUT2D eigenvalue weighted by atomic mass is 9.71. The lowest BCUT2D eigenvalue weighted by Gasteiger charge is -2.44. The van der Waals surface area contributed by atoms with Gasteiger partial charge in [0.1, 0.15) is 4.75 Å². The Hall–Kier alpha value is -0.320. The molecule has 0 aromatic heterocycles. The van der Waals surface area contributed by atoms with Crippen LogP contribution in [0, 0.1) is 5.41 Å². The maximum Gasteiger partial charge on any atom is 0.275 e. The van der Waals surface area contributed by atoms with E-state index in [1.165, 1.54) is 0 Å². The molecule has 98 valence electrons. The monoisotopic (exact) mass is 278 g/mol. The molecule has 0 aromatic carbocycles. The predicted octanol–water partition coefficient (Wildman–Crippen LogP) is 3.52. The van der Waals surface area contributed by atoms with Crippen LogP contribution in [0.2, 0.25) is 0 Å². The molecule has 0 fully saturated rings. The lowest BCUT2D eigenvalue weighted by molar-refractivity contribution is 0.301. The number of hydrogen-bond donors (Lipinski definition) is 1. The van der Waals surface area contributed by atoms with Gasteiger partial charge in [-0.15, -0.1) is 0 Å². The second-order valence-corrected chi connectivity index (χ2v) is 7.13. The van der Waals surface area contributed by atoms with Crippen molar-refractivity contribution in [3.8, 4) is 0 Å². The van der Waals surface area contributed by atoms with Crippen molar-refractivity contribution < 1.29 is 13.0 Å². The first-order valence-corrected chi connectivity index (χ1v) is 7.45. The van der Waals surface area contributed by atoms with Crippen molar-refractivity contribution in [3.63, 3.8) is 0 Å². The third-order valence-electron chi connectivity index (χ3n) is 3.64. The minimum Gasteiger partial charge on any atom is -0.285 e. The van der Waals surface area contributed by atoms with Gasteiger partial charge in [0.2, 0.25) is 0 Å². The van der Waals surface area contributed by atoms with Gasteiger partial charge in [-0.1, -0.05) is 50.9 Å². The van der Waals surface area contributed by atoms with E-state index in [0.717, 1.165) is 5.57 Å². The molecule has 0 aliphatic heterocycles. The maximum absolute atomic E-state index is 11.8. The Kier molecular flexibility index (Phi) is 3.82. The van der Waals surface area contributed by atoms with Gasteiger partial charge in [-0.25, -0.2) is 0 Å². The molecule has 1 aliphatic carbocycles.